The summed E-state index contributed by atoms with van der Waals surface area (Å²) in [7, 11) is -3.81. The molecule has 0 radical (unpaired) electrons. The molecule has 4 nitrogen and oxygen atoms in total. The van der Waals surface area contributed by atoms with E-state index in [9.17, 15) is 12.8 Å². The molecule has 0 saturated heterocycles. The average molecular weight is 295 g/mol. The normalized spacial score (nSPS) is 17.0. The van der Waals surface area contributed by atoms with Gasteiger partial charge in [0, 0.05) is 12.6 Å². The Balaban J connectivity index is 0.00000162. The van der Waals surface area contributed by atoms with Crippen LogP contribution in [0.25, 0.3) is 0 Å². The highest BCUT2D eigenvalue weighted by atomic mass is 35.5. The fourth-order valence-electron chi connectivity index (χ4n) is 1.76. The standard InChI is InChI=1S/C11H15FN2O2S.ClH/c12-9-3-1-2-4-11(9)17(15,16)14-10(7-13)8-5-6-8;/h1-4,8,10,14H,5-7,13H2;1H. The number of nitrogens with two attached hydrogens (primary N) is 1. The molecule has 0 spiro atoms. The number of hydrogen-bond donors (Lipinski definition) is 2. The first-order valence-corrected chi connectivity index (χ1v) is 7.00. The van der Waals surface area contributed by atoms with Gasteiger partial charge in [-0.2, -0.15) is 0 Å². The van der Waals surface area contributed by atoms with E-state index < -0.39 is 15.8 Å². The van der Waals surface area contributed by atoms with E-state index in [2.05, 4.69) is 4.72 Å². The highest BCUT2D eigenvalue weighted by Gasteiger charge is 2.33. The Morgan fingerprint density at radius 2 is 2.00 bits per heavy atom. The first kappa shape index (κ1) is 15.4. The zero-order valence-electron chi connectivity index (χ0n) is 9.67. The number of rotatable bonds is 5. The van der Waals surface area contributed by atoms with Gasteiger partial charge in [0.15, 0.2) is 0 Å². The molecule has 0 amide bonds. The van der Waals surface area contributed by atoms with Gasteiger partial charge < -0.3 is 5.73 Å². The van der Waals surface area contributed by atoms with Gasteiger partial charge >= 0.3 is 0 Å². The van der Waals surface area contributed by atoms with Gasteiger partial charge in [0.2, 0.25) is 10.0 Å². The van der Waals surface area contributed by atoms with Crippen LogP contribution in [0, 0.1) is 11.7 Å². The number of nitrogens with one attached hydrogen (secondary N) is 1. The molecule has 1 aliphatic carbocycles. The van der Waals surface area contributed by atoms with Gasteiger partial charge in [-0.15, -0.1) is 12.4 Å². The van der Waals surface area contributed by atoms with E-state index in [1.54, 1.807) is 0 Å². The minimum absolute atomic E-state index is 0. The third-order valence-corrected chi connectivity index (χ3v) is 4.40. The van der Waals surface area contributed by atoms with Gasteiger partial charge in [0.05, 0.1) is 0 Å². The Kier molecular flexibility index (Phi) is 5.10. The average Bonchev–Trinajstić information content (AvgIpc) is 3.10. The maximum Gasteiger partial charge on any atom is 0.243 e. The van der Waals surface area contributed by atoms with Crippen LogP contribution in [-0.4, -0.2) is 21.0 Å². The largest absolute Gasteiger partial charge is 0.329 e. The van der Waals surface area contributed by atoms with E-state index in [0.29, 0.717) is 5.92 Å². The third kappa shape index (κ3) is 3.41. The summed E-state index contributed by atoms with van der Waals surface area (Å²) in [6.07, 6.45) is 1.95. The maximum absolute atomic E-state index is 13.4. The van der Waals surface area contributed by atoms with Crippen molar-refractivity contribution in [1.29, 1.82) is 0 Å². The van der Waals surface area contributed by atoms with Gasteiger partial charge in [0.1, 0.15) is 10.7 Å². The van der Waals surface area contributed by atoms with E-state index in [4.69, 9.17) is 5.73 Å². The molecule has 0 heterocycles. The summed E-state index contributed by atoms with van der Waals surface area (Å²) in [5.41, 5.74) is 5.52. The predicted octanol–water partition coefficient (Wildman–Crippen LogP) is 1.26. The lowest BCUT2D eigenvalue weighted by molar-refractivity contribution is 0.511. The molecule has 1 aromatic rings. The van der Waals surface area contributed by atoms with Gasteiger partial charge in [-0.3, -0.25) is 0 Å². The second-order valence-electron chi connectivity index (χ2n) is 4.23. The molecule has 1 atom stereocenters. The van der Waals surface area contributed by atoms with Crippen LogP contribution >= 0.6 is 12.4 Å². The zero-order valence-corrected chi connectivity index (χ0v) is 11.3. The summed E-state index contributed by atoms with van der Waals surface area (Å²) in [5, 5.41) is 0. The van der Waals surface area contributed by atoms with Crippen LogP contribution in [0.4, 0.5) is 4.39 Å². The van der Waals surface area contributed by atoms with Crippen molar-refractivity contribution < 1.29 is 12.8 Å². The molecule has 0 aromatic heterocycles. The SMILES string of the molecule is Cl.NCC(NS(=O)(=O)c1ccccc1F)C1CC1. The zero-order chi connectivity index (χ0) is 12.5. The summed E-state index contributed by atoms with van der Waals surface area (Å²) >= 11 is 0. The molecule has 18 heavy (non-hydrogen) atoms. The lowest BCUT2D eigenvalue weighted by Gasteiger charge is -2.16. The summed E-state index contributed by atoms with van der Waals surface area (Å²) in [6, 6.07) is 5.03. The van der Waals surface area contributed by atoms with E-state index in [1.807, 2.05) is 0 Å². The fraction of sp³-hybridized carbons (Fsp3) is 0.455. The van der Waals surface area contributed by atoms with Crippen LogP contribution in [0.1, 0.15) is 12.8 Å². The molecule has 1 aromatic carbocycles. The van der Waals surface area contributed by atoms with Crippen molar-refractivity contribution >= 4 is 22.4 Å². The molecule has 1 unspecified atom stereocenters. The summed E-state index contributed by atoms with van der Waals surface area (Å²) in [5.74, 6) is -0.451. The number of benzene rings is 1. The van der Waals surface area contributed by atoms with Crippen LogP contribution in [0.15, 0.2) is 29.2 Å². The summed E-state index contributed by atoms with van der Waals surface area (Å²) in [4.78, 5) is -0.320. The van der Waals surface area contributed by atoms with E-state index in [1.165, 1.54) is 18.2 Å². The van der Waals surface area contributed by atoms with Gasteiger partial charge in [-0.05, 0) is 30.9 Å². The fourth-order valence-corrected chi connectivity index (χ4v) is 3.16. The maximum atomic E-state index is 13.4. The first-order valence-electron chi connectivity index (χ1n) is 5.51. The van der Waals surface area contributed by atoms with Crippen LogP contribution in [0.5, 0.6) is 0 Å². The molecule has 7 heteroatoms. The number of halogens is 2. The molecular weight excluding hydrogens is 279 g/mol. The van der Waals surface area contributed by atoms with Crippen LogP contribution in [-0.2, 0) is 10.0 Å². The summed E-state index contributed by atoms with van der Waals surface area (Å²) < 4.78 is 39.8. The second-order valence-corrected chi connectivity index (χ2v) is 5.91. The van der Waals surface area contributed by atoms with Crippen molar-refractivity contribution in [2.75, 3.05) is 6.54 Å². The first-order chi connectivity index (χ1) is 8.04. The van der Waals surface area contributed by atoms with Crippen LogP contribution in [0.2, 0.25) is 0 Å². The predicted molar refractivity (Wildman–Crippen MR) is 69.5 cm³/mol. The molecule has 0 aliphatic heterocycles. The monoisotopic (exact) mass is 294 g/mol. The smallest absolute Gasteiger partial charge is 0.243 e. The van der Waals surface area contributed by atoms with Crippen molar-refractivity contribution in [3.63, 3.8) is 0 Å². The molecule has 3 N–H and O–H groups in total. The molecule has 1 fully saturated rings. The Labute approximate surface area is 112 Å². The van der Waals surface area contributed by atoms with Crippen molar-refractivity contribution in [2.45, 2.75) is 23.8 Å². The lowest BCUT2D eigenvalue weighted by Crippen LogP contribution is -2.41. The Morgan fingerprint density at radius 3 is 2.50 bits per heavy atom. The minimum atomic E-state index is -3.81. The van der Waals surface area contributed by atoms with Crippen LogP contribution in [0.3, 0.4) is 0 Å². The highest BCUT2D eigenvalue weighted by molar-refractivity contribution is 7.89. The van der Waals surface area contributed by atoms with E-state index in [-0.39, 0.29) is 29.9 Å². The highest BCUT2D eigenvalue weighted by Crippen LogP contribution is 2.33. The van der Waals surface area contributed by atoms with E-state index in [0.717, 1.165) is 18.9 Å². The third-order valence-electron chi connectivity index (χ3n) is 2.88. The Hall–Kier alpha value is -0.690. The number of sulfonamides is 1. The molecule has 0 bridgehead atoms. The quantitative estimate of drug-likeness (QED) is 0.859. The molecular formula is C11H16ClFN2O2S. The minimum Gasteiger partial charge on any atom is -0.329 e. The van der Waals surface area contributed by atoms with E-state index >= 15 is 0 Å². The van der Waals surface area contributed by atoms with Gasteiger partial charge in [0.25, 0.3) is 0 Å². The topological polar surface area (TPSA) is 72.2 Å². The van der Waals surface area contributed by atoms with Crippen molar-refractivity contribution in [1.82, 2.24) is 4.72 Å². The van der Waals surface area contributed by atoms with Crippen molar-refractivity contribution in [3.05, 3.63) is 30.1 Å². The Bertz CT molecular complexity index is 506. The van der Waals surface area contributed by atoms with Crippen molar-refractivity contribution in [2.24, 2.45) is 11.7 Å². The van der Waals surface area contributed by atoms with Gasteiger partial charge in [-0.1, -0.05) is 12.1 Å². The molecule has 1 saturated carbocycles. The lowest BCUT2D eigenvalue weighted by atomic mass is 10.2. The van der Waals surface area contributed by atoms with Gasteiger partial charge in [-0.25, -0.2) is 17.5 Å². The summed E-state index contributed by atoms with van der Waals surface area (Å²) in [6.45, 7) is 0.234. The van der Waals surface area contributed by atoms with Crippen molar-refractivity contribution in [3.8, 4) is 0 Å². The second kappa shape index (κ2) is 5.97. The van der Waals surface area contributed by atoms with Crippen LogP contribution < -0.4 is 10.5 Å². The molecule has 2 rings (SSSR count). The number of hydrogen-bond acceptors (Lipinski definition) is 3. The Morgan fingerprint density at radius 1 is 1.39 bits per heavy atom. The molecule has 102 valence electrons. The molecule has 1 aliphatic rings.